The Balaban J connectivity index is 1.90. The molecule has 0 aromatic heterocycles. The molecule has 0 bridgehead atoms. The van der Waals surface area contributed by atoms with Crippen molar-refractivity contribution in [3.05, 3.63) is 87.2 Å². The predicted octanol–water partition coefficient (Wildman–Crippen LogP) is 4.81. The van der Waals surface area contributed by atoms with Gasteiger partial charge in [-0.05, 0) is 40.2 Å². The van der Waals surface area contributed by atoms with Crippen LogP contribution in [0.3, 0.4) is 0 Å². The maximum absolute atomic E-state index is 13.8. The zero-order chi connectivity index (χ0) is 23.1. The molecule has 2 atom stereocenters. The van der Waals surface area contributed by atoms with Gasteiger partial charge in [0.2, 0.25) is 0 Å². The first-order chi connectivity index (χ1) is 15.2. The number of allylic oxidation sites excluding steroid dienone is 5. The Kier molecular flexibility index (Phi) is 5.54. The van der Waals surface area contributed by atoms with E-state index in [1.807, 2.05) is 58.1 Å². The number of hydrogen-bond acceptors (Lipinski definition) is 5. The van der Waals surface area contributed by atoms with Crippen LogP contribution in [0.2, 0.25) is 0 Å². The lowest BCUT2D eigenvalue weighted by Gasteiger charge is -2.49. The Bertz CT molecular complexity index is 1080. The molecule has 2 aliphatic heterocycles. The van der Waals surface area contributed by atoms with E-state index < -0.39 is 16.4 Å². The highest BCUT2D eigenvalue weighted by Gasteiger charge is 2.61. The highest BCUT2D eigenvalue weighted by atomic mass is 16.7. The van der Waals surface area contributed by atoms with Crippen molar-refractivity contribution < 1.29 is 19.2 Å². The van der Waals surface area contributed by atoms with Gasteiger partial charge in [0.05, 0.1) is 11.5 Å². The minimum atomic E-state index is -1.36. The predicted molar refractivity (Wildman–Crippen MR) is 120 cm³/mol. The van der Waals surface area contributed by atoms with E-state index in [0.29, 0.717) is 24.2 Å². The first-order valence-electron chi connectivity index (χ1n) is 10.9. The van der Waals surface area contributed by atoms with Gasteiger partial charge in [0, 0.05) is 40.7 Å². The average molecular weight is 437 g/mol. The minimum Gasteiger partial charge on any atom is -0.444 e. The third kappa shape index (κ3) is 3.56. The number of nitro benzene ring substituents is 1. The van der Waals surface area contributed by atoms with Gasteiger partial charge in [-0.2, -0.15) is 0 Å². The zero-order valence-corrected chi connectivity index (χ0v) is 18.8. The summed E-state index contributed by atoms with van der Waals surface area (Å²) >= 11 is 0. The van der Waals surface area contributed by atoms with Crippen molar-refractivity contribution in [1.82, 2.24) is 4.90 Å². The molecular weight excluding hydrogens is 408 g/mol. The molecule has 1 aromatic rings. The lowest BCUT2D eigenvalue weighted by Crippen LogP contribution is -2.61. The van der Waals surface area contributed by atoms with E-state index in [0.717, 1.165) is 11.3 Å². The van der Waals surface area contributed by atoms with E-state index in [9.17, 15) is 14.9 Å². The Morgan fingerprint density at radius 3 is 2.69 bits per heavy atom. The standard InChI is InChI=1S/C25H28N2O5/c1-5-31-25-20(16-18-12-7-6-8-14-22(18)32-25)19(23(28)26(25)24(2,3)4)15-17-11-9-10-13-21(17)27(29)30/h6-14,18H,5,15-16H2,1-4H3. The minimum absolute atomic E-state index is 0.000457. The molecule has 168 valence electrons. The molecule has 0 spiro atoms. The van der Waals surface area contributed by atoms with Crippen molar-refractivity contribution in [1.29, 1.82) is 0 Å². The van der Waals surface area contributed by atoms with E-state index in [1.165, 1.54) is 6.07 Å². The maximum Gasteiger partial charge on any atom is 0.322 e. The monoisotopic (exact) mass is 436 g/mol. The fourth-order valence-electron chi connectivity index (χ4n) is 4.71. The molecular formula is C25H28N2O5. The lowest BCUT2D eigenvalue weighted by molar-refractivity contribution is -0.385. The van der Waals surface area contributed by atoms with E-state index in [1.54, 1.807) is 23.1 Å². The number of carbonyl (C=O) groups excluding carboxylic acids is 1. The quantitative estimate of drug-likeness (QED) is 0.489. The summed E-state index contributed by atoms with van der Waals surface area (Å²) in [7, 11) is 0. The Hall–Kier alpha value is -3.19. The smallest absolute Gasteiger partial charge is 0.322 e. The molecule has 4 rings (SSSR count). The van der Waals surface area contributed by atoms with E-state index in [4.69, 9.17) is 9.47 Å². The van der Waals surface area contributed by atoms with Crippen LogP contribution in [0.5, 0.6) is 0 Å². The summed E-state index contributed by atoms with van der Waals surface area (Å²) in [4.78, 5) is 26.7. The first-order valence-corrected chi connectivity index (χ1v) is 10.9. The van der Waals surface area contributed by atoms with E-state index in [-0.39, 0.29) is 23.9 Å². The summed E-state index contributed by atoms with van der Waals surface area (Å²) in [5.41, 5.74) is 1.14. The maximum atomic E-state index is 13.8. The summed E-state index contributed by atoms with van der Waals surface area (Å²) in [6, 6.07) is 6.55. The molecule has 1 amide bonds. The van der Waals surface area contributed by atoms with Crippen molar-refractivity contribution in [3.63, 3.8) is 0 Å². The third-order valence-electron chi connectivity index (χ3n) is 5.94. The number of carbonyl (C=O) groups is 1. The molecule has 1 aliphatic carbocycles. The Morgan fingerprint density at radius 1 is 1.25 bits per heavy atom. The molecule has 1 saturated heterocycles. The molecule has 32 heavy (non-hydrogen) atoms. The molecule has 2 unspecified atom stereocenters. The highest BCUT2D eigenvalue weighted by Crippen LogP contribution is 2.52. The van der Waals surface area contributed by atoms with E-state index >= 15 is 0 Å². The Morgan fingerprint density at radius 2 is 2.00 bits per heavy atom. The SMILES string of the molecule is CCOC12OC3=CC=CC=CC3CC1=C(Cc1ccccc1[N+](=O)[O-])C(=O)N2C(C)(C)C. The largest absolute Gasteiger partial charge is 0.444 e. The fourth-order valence-corrected chi connectivity index (χ4v) is 4.71. The second-order valence-electron chi connectivity index (χ2n) is 9.10. The first kappa shape index (κ1) is 22.0. The van der Waals surface area contributed by atoms with Crippen molar-refractivity contribution in [2.75, 3.05) is 6.61 Å². The van der Waals surface area contributed by atoms with Crippen LogP contribution in [0, 0.1) is 16.0 Å². The molecule has 7 nitrogen and oxygen atoms in total. The number of nitrogens with zero attached hydrogens (tertiary/aromatic N) is 2. The summed E-state index contributed by atoms with van der Waals surface area (Å²) < 4.78 is 12.8. The normalized spacial score (nSPS) is 24.6. The molecule has 3 aliphatic rings. The molecule has 0 radical (unpaired) electrons. The van der Waals surface area contributed by atoms with Crippen LogP contribution >= 0.6 is 0 Å². The van der Waals surface area contributed by atoms with Crippen LogP contribution in [0.15, 0.2) is 71.6 Å². The second-order valence-corrected chi connectivity index (χ2v) is 9.10. The molecule has 0 saturated carbocycles. The highest BCUT2D eigenvalue weighted by molar-refractivity contribution is 5.99. The number of benzene rings is 1. The number of hydrogen-bond donors (Lipinski definition) is 0. The number of rotatable bonds is 5. The van der Waals surface area contributed by atoms with Gasteiger partial charge < -0.3 is 9.47 Å². The molecule has 1 fully saturated rings. The van der Waals surface area contributed by atoms with Gasteiger partial charge in [0.1, 0.15) is 5.76 Å². The molecule has 0 N–H and O–H groups in total. The van der Waals surface area contributed by atoms with Crippen molar-refractivity contribution in [2.45, 2.75) is 52.0 Å². The van der Waals surface area contributed by atoms with E-state index in [2.05, 4.69) is 0 Å². The van der Waals surface area contributed by atoms with Crippen LogP contribution < -0.4 is 0 Å². The van der Waals surface area contributed by atoms with Crippen LogP contribution in [-0.2, 0) is 20.7 Å². The average Bonchev–Trinajstić information content (AvgIpc) is 2.84. The number of fused-ring (bicyclic) bond motifs is 2. The summed E-state index contributed by atoms with van der Waals surface area (Å²) in [5, 5.41) is 11.6. The van der Waals surface area contributed by atoms with Crippen LogP contribution in [0.1, 0.15) is 39.7 Å². The summed E-state index contributed by atoms with van der Waals surface area (Å²) in [6.07, 6.45) is 10.5. The lowest BCUT2D eigenvalue weighted by atomic mass is 9.88. The topological polar surface area (TPSA) is 81.9 Å². The van der Waals surface area contributed by atoms with Crippen molar-refractivity contribution >= 4 is 11.6 Å². The number of nitro groups is 1. The number of amides is 1. The molecule has 7 heteroatoms. The number of para-hydroxylation sites is 1. The van der Waals surface area contributed by atoms with Crippen molar-refractivity contribution in [2.24, 2.45) is 5.92 Å². The van der Waals surface area contributed by atoms with Gasteiger partial charge in [-0.15, -0.1) is 0 Å². The van der Waals surface area contributed by atoms with Gasteiger partial charge in [0.25, 0.3) is 11.6 Å². The van der Waals surface area contributed by atoms with Gasteiger partial charge in [-0.1, -0.05) is 42.5 Å². The van der Waals surface area contributed by atoms with Gasteiger partial charge in [-0.25, -0.2) is 0 Å². The Labute approximate surface area is 187 Å². The molecule has 2 heterocycles. The summed E-state index contributed by atoms with van der Waals surface area (Å²) in [5.74, 6) is -0.879. The van der Waals surface area contributed by atoms with Gasteiger partial charge >= 0.3 is 5.91 Å². The van der Waals surface area contributed by atoms with Crippen LogP contribution in [-0.4, -0.2) is 33.8 Å². The van der Waals surface area contributed by atoms with Crippen LogP contribution in [0.4, 0.5) is 5.69 Å². The van der Waals surface area contributed by atoms with Crippen molar-refractivity contribution in [3.8, 4) is 0 Å². The van der Waals surface area contributed by atoms with Gasteiger partial charge in [-0.3, -0.25) is 19.8 Å². The number of ether oxygens (including phenoxy) is 2. The second kappa shape index (κ2) is 8.06. The summed E-state index contributed by atoms with van der Waals surface area (Å²) in [6.45, 7) is 8.02. The fraction of sp³-hybridized carbons (Fsp3) is 0.400. The third-order valence-corrected chi connectivity index (χ3v) is 5.94. The van der Waals surface area contributed by atoms with Crippen LogP contribution in [0.25, 0.3) is 0 Å². The zero-order valence-electron chi connectivity index (χ0n) is 18.8. The van der Waals surface area contributed by atoms with Gasteiger partial charge in [0.15, 0.2) is 0 Å². The molecule has 1 aromatic carbocycles.